The van der Waals surface area contributed by atoms with Crippen LogP contribution in [0.1, 0.15) is 38.8 Å². The van der Waals surface area contributed by atoms with Gasteiger partial charge in [-0.1, -0.05) is 46.0 Å². The van der Waals surface area contributed by atoms with Crippen LogP contribution in [-0.4, -0.2) is 30.6 Å². The lowest BCUT2D eigenvalue weighted by Crippen LogP contribution is -2.17. The third-order valence-electron chi connectivity index (χ3n) is 5.06. The van der Waals surface area contributed by atoms with Crippen LogP contribution in [0.4, 0.5) is 5.69 Å². The van der Waals surface area contributed by atoms with E-state index in [0.717, 1.165) is 11.3 Å². The summed E-state index contributed by atoms with van der Waals surface area (Å²) in [5.74, 6) is 0.140. The number of carbonyl (C=O) groups excluding carboxylic acids is 1. The van der Waals surface area contributed by atoms with Gasteiger partial charge >= 0.3 is 0 Å². The fourth-order valence-electron chi connectivity index (χ4n) is 3.36. The van der Waals surface area contributed by atoms with E-state index in [0.29, 0.717) is 50.9 Å². The molecule has 1 aromatic carbocycles. The molecule has 0 aliphatic heterocycles. The molecular formula is C21H19Cl3N6O2. The van der Waals surface area contributed by atoms with Gasteiger partial charge in [0.25, 0.3) is 5.91 Å². The molecule has 0 aliphatic carbocycles. The third-order valence-corrected chi connectivity index (χ3v) is 5.99. The zero-order valence-corrected chi connectivity index (χ0v) is 19.8. The highest BCUT2D eigenvalue weighted by Crippen LogP contribution is 2.26. The molecule has 3 aromatic heterocycles. The Morgan fingerprint density at radius 2 is 1.91 bits per heavy atom. The van der Waals surface area contributed by atoms with Gasteiger partial charge in [-0.2, -0.15) is 10.2 Å². The van der Waals surface area contributed by atoms with Crippen molar-refractivity contribution in [1.82, 2.24) is 24.7 Å². The minimum Gasteiger partial charge on any atom is -0.361 e. The molecule has 0 saturated heterocycles. The molecule has 1 amide bonds. The van der Waals surface area contributed by atoms with E-state index >= 15 is 0 Å². The predicted octanol–water partition coefficient (Wildman–Crippen LogP) is 5.30. The van der Waals surface area contributed by atoms with Gasteiger partial charge in [-0.25, -0.2) is 0 Å². The predicted molar refractivity (Wildman–Crippen MR) is 123 cm³/mol. The van der Waals surface area contributed by atoms with Crippen LogP contribution in [0.3, 0.4) is 0 Å². The Kier molecular flexibility index (Phi) is 6.28. The number of halogens is 3. The maximum atomic E-state index is 13.0. The number of nitrogens with one attached hydrogen (secondary N) is 1. The first-order chi connectivity index (χ1) is 15.2. The first kappa shape index (κ1) is 22.4. The quantitative estimate of drug-likeness (QED) is 0.393. The molecule has 0 radical (unpaired) electrons. The summed E-state index contributed by atoms with van der Waals surface area (Å²) in [6.07, 6.45) is 3.19. The lowest BCUT2D eigenvalue weighted by Gasteiger charge is -2.08. The molecule has 11 heteroatoms. The summed E-state index contributed by atoms with van der Waals surface area (Å²) in [7, 11) is 0. The molecule has 32 heavy (non-hydrogen) atoms. The second-order valence-corrected chi connectivity index (χ2v) is 8.58. The zero-order chi connectivity index (χ0) is 23.0. The zero-order valence-electron chi connectivity index (χ0n) is 17.5. The molecule has 0 bridgehead atoms. The highest BCUT2D eigenvalue weighted by molar-refractivity contribution is 6.42. The third kappa shape index (κ3) is 4.53. The van der Waals surface area contributed by atoms with Gasteiger partial charge in [0.15, 0.2) is 5.69 Å². The molecule has 0 saturated carbocycles. The van der Waals surface area contributed by atoms with Crippen molar-refractivity contribution in [2.45, 2.75) is 33.9 Å². The normalized spacial score (nSPS) is 11.2. The van der Waals surface area contributed by atoms with Crippen molar-refractivity contribution in [3.05, 3.63) is 79.6 Å². The number of hydrogen-bond acceptors (Lipinski definition) is 5. The van der Waals surface area contributed by atoms with Gasteiger partial charge in [0.05, 0.1) is 51.4 Å². The minimum absolute atomic E-state index is 0.185. The molecule has 0 fully saturated rings. The first-order valence-electron chi connectivity index (χ1n) is 9.65. The van der Waals surface area contributed by atoms with Crippen LogP contribution in [-0.2, 0) is 13.1 Å². The second kappa shape index (κ2) is 8.97. The number of aryl methyl sites for hydroxylation is 2. The molecule has 0 atom stereocenters. The summed E-state index contributed by atoms with van der Waals surface area (Å²) in [4.78, 5) is 13.0. The number of rotatable bonds is 6. The monoisotopic (exact) mass is 492 g/mol. The van der Waals surface area contributed by atoms with Crippen molar-refractivity contribution in [3.8, 4) is 0 Å². The summed E-state index contributed by atoms with van der Waals surface area (Å²) in [6, 6.07) is 5.42. The fourth-order valence-corrected chi connectivity index (χ4v) is 3.83. The van der Waals surface area contributed by atoms with E-state index in [2.05, 4.69) is 20.7 Å². The van der Waals surface area contributed by atoms with Crippen molar-refractivity contribution >= 4 is 46.4 Å². The van der Waals surface area contributed by atoms with Crippen LogP contribution in [0.2, 0.25) is 15.1 Å². The average molecular weight is 494 g/mol. The summed E-state index contributed by atoms with van der Waals surface area (Å²) in [5, 5.41) is 17.1. The first-order valence-corrected chi connectivity index (χ1v) is 10.8. The lowest BCUT2D eigenvalue weighted by molar-refractivity contribution is 0.101. The smallest absolute Gasteiger partial charge is 0.278 e. The summed E-state index contributed by atoms with van der Waals surface area (Å²) in [5.41, 5.74) is 3.84. The lowest BCUT2D eigenvalue weighted by atomic mass is 10.1. The van der Waals surface area contributed by atoms with E-state index < -0.39 is 5.91 Å². The topological polar surface area (TPSA) is 90.8 Å². The van der Waals surface area contributed by atoms with Crippen molar-refractivity contribution in [1.29, 1.82) is 0 Å². The molecule has 0 spiro atoms. The Morgan fingerprint density at radius 3 is 2.59 bits per heavy atom. The van der Waals surface area contributed by atoms with Crippen LogP contribution in [0.25, 0.3) is 0 Å². The summed E-state index contributed by atoms with van der Waals surface area (Å²) < 4.78 is 8.68. The second-order valence-electron chi connectivity index (χ2n) is 7.33. The SMILES string of the molecule is Cc1nn(Cc2ccc(Cl)c(Cl)c2)c(C)c1NC(=O)c1noc(C)c1Cn1cc(Cl)cn1. The number of nitrogens with zero attached hydrogens (tertiary/aromatic N) is 5. The van der Waals surface area contributed by atoms with E-state index in [1.807, 2.05) is 19.9 Å². The Bertz CT molecular complexity index is 1310. The highest BCUT2D eigenvalue weighted by atomic mass is 35.5. The fraction of sp³-hybridized carbons (Fsp3) is 0.238. The number of amides is 1. The van der Waals surface area contributed by atoms with E-state index in [1.54, 1.807) is 34.6 Å². The van der Waals surface area contributed by atoms with Gasteiger partial charge in [0.1, 0.15) is 5.76 Å². The molecule has 166 valence electrons. The Balaban J connectivity index is 1.56. The number of aromatic nitrogens is 5. The van der Waals surface area contributed by atoms with E-state index in [4.69, 9.17) is 39.3 Å². The van der Waals surface area contributed by atoms with Crippen LogP contribution in [0.5, 0.6) is 0 Å². The number of anilines is 1. The van der Waals surface area contributed by atoms with Gasteiger partial charge < -0.3 is 9.84 Å². The van der Waals surface area contributed by atoms with Crippen molar-refractivity contribution in [2.24, 2.45) is 0 Å². The van der Waals surface area contributed by atoms with Crippen molar-refractivity contribution in [3.63, 3.8) is 0 Å². The molecule has 8 nitrogen and oxygen atoms in total. The molecule has 0 unspecified atom stereocenters. The molecule has 4 rings (SSSR count). The Hall–Kier alpha value is -2.81. The summed E-state index contributed by atoms with van der Waals surface area (Å²) in [6.45, 7) is 6.24. The minimum atomic E-state index is -0.393. The van der Waals surface area contributed by atoms with Gasteiger partial charge in [-0.15, -0.1) is 0 Å². The maximum absolute atomic E-state index is 13.0. The Morgan fingerprint density at radius 1 is 1.12 bits per heavy atom. The number of benzene rings is 1. The largest absolute Gasteiger partial charge is 0.361 e. The van der Waals surface area contributed by atoms with Crippen LogP contribution in [0.15, 0.2) is 35.1 Å². The van der Waals surface area contributed by atoms with Gasteiger partial charge in [0.2, 0.25) is 0 Å². The summed E-state index contributed by atoms with van der Waals surface area (Å²) >= 11 is 18.1. The van der Waals surface area contributed by atoms with Crippen molar-refractivity contribution < 1.29 is 9.32 Å². The van der Waals surface area contributed by atoms with Crippen LogP contribution < -0.4 is 5.32 Å². The van der Waals surface area contributed by atoms with E-state index in [1.165, 1.54) is 6.20 Å². The molecule has 3 heterocycles. The highest BCUT2D eigenvalue weighted by Gasteiger charge is 2.23. The number of carbonyl (C=O) groups is 1. The van der Waals surface area contributed by atoms with Gasteiger partial charge in [0, 0.05) is 11.8 Å². The standard InChI is InChI=1S/C21H19Cl3N6O2/c1-11-19(12(2)30(27-11)8-14-4-5-17(23)18(24)6-14)26-21(31)20-16(13(3)32-28-20)10-29-9-15(22)7-25-29/h4-7,9H,8,10H2,1-3H3,(H,26,31). The van der Waals surface area contributed by atoms with E-state index in [-0.39, 0.29) is 5.69 Å². The van der Waals surface area contributed by atoms with Gasteiger partial charge in [-0.05, 0) is 38.5 Å². The van der Waals surface area contributed by atoms with E-state index in [9.17, 15) is 4.79 Å². The Labute approximate surface area is 199 Å². The van der Waals surface area contributed by atoms with Crippen molar-refractivity contribution in [2.75, 3.05) is 5.32 Å². The van der Waals surface area contributed by atoms with Crippen LogP contribution in [0, 0.1) is 20.8 Å². The molecule has 1 N–H and O–H groups in total. The molecular weight excluding hydrogens is 475 g/mol. The van der Waals surface area contributed by atoms with Gasteiger partial charge in [-0.3, -0.25) is 14.2 Å². The molecule has 0 aliphatic rings. The number of hydrogen-bond donors (Lipinski definition) is 1. The molecule has 4 aromatic rings. The maximum Gasteiger partial charge on any atom is 0.278 e. The van der Waals surface area contributed by atoms with Crippen LogP contribution >= 0.6 is 34.8 Å². The average Bonchev–Trinajstić information content (AvgIpc) is 3.40.